The van der Waals surface area contributed by atoms with Crippen LogP contribution in [0.2, 0.25) is 0 Å². The SMILES string of the molecule is CCOc1ccc(C(N)c2nc(-c3ccoc3C)n[nH]2)cc1OC. The van der Waals surface area contributed by atoms with Gasteiger partial charge in [-0.25, -0.2) is 4.98 Å². The number of nitrogens with two attached hydrogens (primary N) is 1. The quantitative estimate of drug-likeness (QED) is 0.722. The van der Waals surface area contributed by atoms with E-state index >= 15 is 0 Å². The van der Waals surface area contributed by atoms with Crippen LogP contribution < -0.4 is 15.2 Å². The molecular formula is C17H20N4O3. The topological polar surface area (TPSA) is 99.2 Å². The standard InChI is InChI=1S/C17H20N4O3/c1-4-23-13-6-5-11(9-14(13)22-3)15(18)17-19-16(20-21-17)12-7-8-24-10(12)2/h5-9,15H,4,18H2,1-3H3,(H,19,20,21). The summed E-state index contributed by atoms with van der Waals surface area (Å²) in [6.07, 6.45) is 1.61. The summed E-state index contributed by atoms with van der Waals surface area (Å²) in [5, 5.41) is 7.12. The molecule has 0 fully saturated rings. The Labute approximate surface area is 139 Å². The first-order valence-corrected chi connectivity index (χ1v) is 7.67. The molecule has 0 amide bonds. The number of rotatable bonds is 6. The molecule has 2 heterocycles. The van der Waals surface area contributed by atoms with Gasteiger partial charge in [0.25, 0.3) is 0 Å². The van der Waals surface area contributed by atoms with Crippen molar-refractivity contribution < 1.29 is 13.9 Å². The molecule has 1 atom stereocenters. The van der Waals surface area contributed by atoms with E-state index in [9.17, 15) is 0 Å². The van der Waals surface area contributed by atoms with Crippen molar-refractivity contribution in [3.63, 3.8) is 0 Å². The number of nitrogens with zero attached hydrogens (tertiary/aromatic N) is 2. The molecule has 0 aliphatic carbocycles. The molecule has 3 aromatic rings. The van der Waals surface area contributed by atoms with Crippen molar-refractivity contribution in [2.45, 2.75) is 19.9 Å². The Morgan fingerprint density at radius 3 is 2.79 bits per heavy atom. The minimum Gasteiger partial charge on any atom is -0.493 e. The van der Waals surface area contributed by atoms with Crippen molar-refractivity contribution in [3.05, 3.63) is 47.7 Å². The van der Waals surface area contributed by atoms with E-state index in [1.807, 2.05) is 38.1 Å². The molecule has 0 saturated heterocycles. The van der Waals surface area contributed by atoms with E-state index in [1.165, 1.54) is 0 Å². The van der Waals surface area contributed by atoms with Gasteiger partial charge in [-0.3, -0.25) is 5.10 Å². The molecule has 2 aromatic heterocycles. The van der Waals surface area contributed by atoms with E-state index in [2.05, 4.69) is 15.2 Å². The average molecular weight is 328 g/mol. The van der Waals surface area contributed by atoms with Crippen LogP contribution in [-0.2, 0) is 0 Å². The number of H-pyrrole nitrogens is 1. The Hall–Kier alpha value is -2.80. The molecule has 0 saturated carbocycles. The molecule has 3 N–H and O–H groups in total. The highest BCUT2D eigenvalue weighted by Gasteiger charge is 2.18. The molecular weight excluding hydrogens is 308 g/mol. The monoisotopic (exact) mass is 328 g/mol. The van der Waals surface area contributed by atoms with Gasteiger partial charge in [0.2, 0.25) is 0 Å². The van der Waals surface area contributed by atoms with Crippen molar-refractivity contribution in [1.82, 2.24) is 15.2 Å². The number of hydrogen-bond acceptors (Lipinski definition) is 6. The highest BCUT2D eigenvalue weighted by atomic mass is 16.5. The number of methoxy groups -OCH3 is 1. The van der Waals surface area contributed by atoms with Crippen molar-refractivity contribution in [1.29, 1.82) is 0 Å². The minimum atomic E-state index is -0.456. The van der Waals surface area contributed by atoms with Crippen LogP contribution in [0.1, 0.15) is 30.1 Å². The third-order valence-corrected chi connectivity index (χ3v) is 3.74. The smallest absolute Gasteiger partial charge is 0.184 e. The van der Waals surface area contributed by atoms with Gasteiger partial charge in [-0.2, -0.15) is 5.10 Å². The number of benzene rings is 1. The molecule has 0 radical (unpaired) electrons. The maximum Gasteiger partial charge on any atom is 0.184 e. The van der Waals surface area contributed by atoms with Gasteiger partial charge >= 0.3 is 0 Å². The van der Waals surface area contributed by atoms with Crippen molar-refractivity contribution in [2.75, 3.05) is 13.7 Å². The first-order valence-electron chi connectivity index (χ1n) is 7.67. The number of aromatic amines is 1. The molecule has 1 aromatic carbocycles. The predicted octanol–water partition coefficient (Wildman–Crippen LogP) is 2.83. The fourth-order valence-electron chi connectivity index (χ4n) is 2.46. The predicted molar refractivity (Wildman–Crippen MR) is 89.0 cm³/mol. The number of nitrogens with one attached hydrogen (secondary N) is 1. The van der Waals surface area contributed by atoms with Gasteiger partial charge in [0, 0.05) is 0 Å². The fourth-order valence-corrected chi connectivity index (χ4v) is 2.46. The Bertz CT molecular complexity index is 825. The summed E-state index contributed by atoms with van der Waals surface area (Å²) in [4.78, 5) is 4.48. The Balaban J connectivity index is 1.88. The van der Waals surface area contributed by atoms with Crippen molar-refractivity contribution >= 4 is 0 Å². The third kappa shape index (κ3) is 2.98. The first-order chi connectivity index (χ1) is 11.6. The molecule has 7 nitrogen and oxygen atoms in total. The van der Waals surface area contributed by atoms with E-state index in [0.717, 1.165) is 16.9 Å². The number of ether oxygens (including phenoxy) is 2. The van der Waals surface area contributed by atoms with Gasteiger partial charge in [0.1, 0.15) is 11.6 Å². The van der Waals surface area contributed by atoms with Crippen LogP contribution in [0.5, 0.6) is 11.5 Å². The van der Waals surface area contributed by atoms with Crippen LogP contribution >= 0.6 is 0 Å². The maximum atomic E-state index is 6.32. The van der Waals surface area contributed by atoms with E-state index in [1.54, 1.807) is 13.4 Å². The molecule has 0 spiro atoms. The van der Waals surface area contributed by atoms with Crippen LogP contribution in [0.4, 0.5) is 0 Å². The summed E-state index contributed by atoms with van der Waals surface area (Å²) in [6, 6.07) is 6.95. The second-order valence-electron chi connectivity index (χ2n) is 5.26. The van der Waals surface area contributed by atoms with Gasteiger partial charge in [0.05, 0.1) is 31.6 Å². The number of hydrogen-bond donors (Lipinski definition) is 2. The molecule has 3 rings (SSSR count). The van der Waals surface area contributed by atoms with E-state index in [0.29, 0.717) is 29.8 Å². The zero-order chi connectivity index (χ0) is 17.1. The highest BCUT2D eigenvalue weighted by molar-refractivity contribution is 5.56. The van der Waals surface area contributed by atoms with Gasteiger partial charge < -0.3 is 19.6 Å². The van der Waals surface area contributed by atoms with Crippen molar-refractivity contribution in [3.8, 4) is 22.9 Å². The summed E-state index contributed by atoms with van der Waals surface area (Å²) in [6.45, 7) is 4.35. The lowest BCUT2D eigenvalue weighted by Gasteiger charge is -2.13. The number of aryl methyl sites for hydroxylation is 1. The van der Waals surface area contributed by atoms with E-state index in [4.69, 9.17) is 19.6 Å². The fraction of sp³-hybridized carbons (Fsp3) is 0.294. The normalized spacial score (nSPS) is 12.2. The lowest BCUT2D eigenvalue weighted by Crippen LogP contribution is -2.14. The Kier molecular flexibility index (Phi) is 4.52. The molecule has 126 valence electrons. The average Bonchev–Trinajstić information content (AvgIpc) is 3.23. The summed E-state index contributed by atoms with van der Waals surface area (Å²) in [5.74, 6) is 3.21. The summed E-state index contributed by atoms with van der Waals surface area (Å²) in [5.41, 5.74) is 8.01. The van der Waals surface area contributed by atoms with Crippen molar-refractivity contribution in [2.24, 2.45) is 5.73 Å². The zero-order valence-electron chi connectivity index (χ0n) is 13.9. The van der Waals surface area contributed by atoms with E-state index < -0.39 is 6.04 Å². The van der Waals surface area contributed by atoms with Crippen LogP contribution in [0.15, 0.2) is 34.9 Å². The maximum absolute atomic E-state index is 6.32. The van der Waals surface area contributed by atoms with E-state index in [-0.39, 0.29) is 0 Å². The molecule has 7 heteroatoms. The third-order valence-electron chi connectivity index (χ3n) is 3.74. The number of aromatic nitrogens is 3. The van der Waals surface area contributed by atoms with Crippen LogP contribution in [0, 0.1) is 6.92 Å². The second-order valence-corrected chi connectivity index (χ2v) is 5.26. The van der Waals surface area contributed by atoms with Crippen LogP contribution in [0.25, 0.3) is 11.4 Å². The molecule has 0 bridgehead atoms. The summed E-state index contributed by atoms with van der Waals surface area (Å²) >= 11 is 0. The summed E-state index contributed by atoms with van der Waals surface area (Å²) < 4.78 is 16.2. The Morgan fingerprint density at radius 2 is 2.12 bits per heavy atom. The van der Waals surface area contributed by atoms with Gasteiger partial charge in [-0.15, -0.1) is 0 Å². The molecule has 0 aliphatic rings. The molecule has 0 aliphatic heterocycles. The highest BCUT2D eigenvalue weighted by Crippen LogP contribution is 2.31. The lowest BCUT2D eigenvalue weighted by atomic mass is 10.1. The molecule has 24 heavy (non-hydrogen) atoms. The Morgan fingerprint density at radius 1 is 1.29 bits per heavy atom. The first kappa shape index (κ1) is 16.1. The number of furan rings is 1. The lowest BCUT2D eigenvalue weighted by molar-refractivity contribution is 0.310. The van der Waals surface area contributed by atoms with Crippen LogP contribution in [-0.4, -0.2) is 28.9 Å². The van der Waals surface area contributed by atoms with Crippen LogP contribution in [0.3, 0.4) is 0 Å². The van der Waals surface area contributed by atoms with Gasteiger partial charge in [-0.05, 0) is 37.6 Å². The minimum absolute atomic E-state index is 0.456. The molecule has 1 unspecified atom stereocenters. The second kappa shape index (κ2) is 6.76. The zero-order valence-corrected chi connectivity index (χ0v) is 13.9. The summed E-state index contributed by atoms with van der Waals surface area (Å²) in [7, 11) is 1.60. The van der Waals surface area contributed by atoms with Gasteiger partial charge in [0.15, 0.2) is 17.3 Å². The largest absolute Gasteiger partial charge is 0.493 e. The van der Waals surface area contributed by atoms with Gasteiger partial charge in [-0.1, -0.05) is 6.07 Å².